The summed E-state index contributed by atoms with van der Waals surface area (Å²) in [5, 5.41) is 11.8. The first-order valence-corrected chi connectivity index (χ1v) is 6.24. The van der Waals surface area contributed by atoms with E-state index >= 15 is 0 Å². The molecule has 0 bridgehead atoms. The van der Waals surface area contributed by atoms with Crippen molar-refractivity contribution in [3.05, 3.63) is 64.9 Å². The monoisotopic (exact) mass is 273 g/mol. The van der Waals surface area contributed by atoms with Gasteiger partial charge in [-0.05, 0) is 42.0 Å². The van der Waals surface area contributed by atoms with Crippen LogP contribution < -0.4 is 5.73 Å². The quantitative estimate of drug-likeness (QED) is 0.699. The summed E-state index contributed by atoms with van der Waals surface area (Å²) >= 11 is 5.92. The molecule has 0 aliphatic heterocycles. The van der Waals surface area contributed by atoms with Crippen LogP contribution in [0.3, 0.4) is 0 Å². The Hall–Kier alpha value is -1.97. The van der Waals surface area contributed by atoms with Crippen LogP contribution in [0.25, 0.3) is 11.0 Å². The van der Waals surface area contributed by atoms with Crippen molar-refractivity contribution in [3.8, 4) is 0 Å². The number of fused-ring (bicyclic) bond motifs is 1. The zero-order chi connectivity index (χ0) is 13.4. The smallest absolute Gasteiger partial charge is 0.138 e. The second kappa shape index (κ2) is 4.61. The summed E-state index contributed by atoms with van der Waals surface area (Å²) < 4.78 is 5.63. The highest BCUT2D eigenvalue weighted by molar-refractivity contribution is 6.31. The van der Waals surface area contributed by atoms with Gasteiger partial charge in [0.15, 0.2) is 0 Å². The van der Waals surface area contributed by atoms with Crippen LogP contribution in [-0.2, 0) is 0 Å². The molecular weight excluding hydrogens is 262 g/mol. The molecule has 0 saturated heterocycles. The Kier molecular flexibility index (Phi) is 2.93. The lowest BCUT2D eigenvalue weighted by Crippen LogP contribution is -1.98. The lowest BCUT2D eigenvalue weighted by Gasteiger charge is -2.07. The van der Waals surface area contributed by atoms with Gasteiger partial charge in [0.1, 0.15) is 17.4 Å². The van der Waals surface area contributed by atoms with Gasteiger partial charge in [0.2, 0.25) is 0 Å². The highest BCUT2D eigenvalue weighted by atomic mass is 35.5. The molecule has 0 aliphatic rings. The Balaban J connectivity index is 2.01. The van der Waals surface area contributed by atoms with Gasteiger partial charge < -0.3 is 15.3 Å². The molecule has 0 saturated carbocycles. The summed E-state index contributed by atoms with van der Waals surface area (Å²) in [5.74, 6) is 0.488. The lowest BCUT2D eigenvalue weighted by atomic mass is 10.1. The third-order valence-corrected chi connectivity index (χ3v) is 3.25. The number of nitrogen functional groups attached to an aromatic ring is 1. The van der Waals surface area contributed by atoms with E-state index in [4.69, 9.17) is 21.8 Å². The molecule has 0 radical (unpaired) electrons. The number of furan rings is 1. The Morgan fingerprint density at radius 1 is 1.05 bits per heavy atom. The first-order chi connectivity index (χ1) is 9.13. The summed E-state index contributed by atoms with van der Waals surface area (Å²) in [6.45, 7) is 0. The van der Waals surface area contributed by atoms with Crippen molar-refractivity contribution in [1.82, 2.24) is 0 Å². The minimum Gasteiger partial charge on any atom is -0.458 e. The van der Waals surface area contributed by atoms with Gasteiger partial charge in [0.25, 0.3) is 0 Å². The number of nitrogens with two attached hydrogens (primary N) is 1. The number of anilines is 1. The average molecular weight is 274 g/mol. The number of benzene rings is 2. The number of hydrogen-bond donors (Lipinski definition) is 2. The predicted molar refractivity (Wildman–Crippen MR) is 76.1 cm³/mol. The van der Waals surface area contributed by atoms with Crippen molar-refractivity contribution in [2.45, 2.75) is 6.10 Å². The molecule has 3 N–H and O–H groups in total. The van der Waals surface area contributed by atoms with Crippen molar-refractivity contribution in [2.75, 3.05) is 5.73 Å². The summed E-state index contributed by atoms with van der Waals surface area (Å²) in [5.41, 5.74) is 7.72. The molecule has 3 nitrogen and oxygen atoms in total. The first kappa shape index (κ1) is 12.1. The molecule has 96 valence electrons. The molecule has 2 aromatic carbocycles. The zero-order valence-corrected chi connectivity index (χ0v) is 10.8. The first-order valence-electron chi connectivity index (χ1n) is 5.86. The highest BCUT2D eigenvalue weighted by Gasteiger charge is 2.15. The molecule has 0 spiro atoms. The minimum absolute atomic E-state index is 0.488. The minimum atomic E-state index is -0.813. The Morgan fingerprint density at radius 2 is 1.79 bits per heavy atom. The van der Waals surface area contributed by atoms with E-state index in [2.05, 4.69) is 0 Å². The third kappa shape index (κ3) is 2.30. The van der Waals surface area contributed by atoms with E-state index in [1.807, 2.05) is 0 Å². The van der Waals surface area contributed by atoms with E-state index in [1.165, 1.54) is 0 Å². The number of hydrogen-bond acceptors (Lipinski definition) is 3. The molecule has 0 amide bonds. The van der Waals surface area contributed by atoms with Crippen LogP contribution in [0.2, 0.25) is 5.02 Å². The molecule has 1 atom stereocenters. The fraction of sp³-hybridized carbons (Fsp3) is 0.0667. The second-order valence-electron chi connectivity index (χ2n) is 4.40. The molecule has 1 unspecified atom stereocenters. The Morgan fingerprint density at radius 3 is 2.53 bits per heavy atom. The van der Waals surface area contributed by atoms with Gasteiger partial charge >= 0.3 is 0 Å². The number of rotatable bonds is 2. The molecule has 4 heteroatoms. The molecule has 1 aromatic heterocycles. The van der Waals surface area contributed by atoms with E-state index < -0.39 is 6.10 Å². The van der Waals surface area contributed by atoms with Gasteiger partial charge in [-0.25, -0.2) is 0 Å². The molecule has 19 heavy (non-hydrogen) atoms. The van der Waals surface area contributed by atoms with E-state index in [1.54, 1.807) is 48.5 Å². The predicted octanol–water partition coefficient (Wildman–Crippen LogP) is 3.75. The van der Waals surface area contributed by atoms with Gasteiger partial charge in [0.05, 0.1) is 0 Å². The number of aliphatic hydroxyl groups is 1. The second-order valence-corrected chi connectivity index (χ2v) is 4.84. The Bertz CT molecular complexity index is 719. The molecule has 3 aromatic rings. The lowest BCUT2D eigenvalue weighted by molar-refractivity contribution is 0.192. The van der Waals surface area contributed by atoms with Gasteiger partial charge in [0, 0.05) is 16.1 Å². The largest absolute Gasteiger partial charge is 0.458 e. The zero-order valence-electron chi connectivity index (χ0n) is 10.0. The number of halogens is 1. The van der Waals surface area contributed by atoms with Crippen LogP contribution in [0.5, 0.6) is 0 Å². The van der Waals surface area contributed by atoms with Crippen molar-refractivity contribution in [1.29, 1.82) is 0 Å². The van der Waals surface area contributed by atoms with Gasteiger partial charge in [-0.1, -0.05) is 23.7 Å². The summed E-state index contributed by atoms with van der Waals surface area (Å²) in [4.78, 5) is 0. The van der Waals surface area contributed by atoms with Crippen LogP contribution >= 0.6 is 11.6 Å². The van der Waals surface area contributed by atoms with Crippen molar-refractivity contribution in [3.63, 3.8) is 0 Å². The van der Waals surface area contributed by atoms with Crippen molar-refractivity contribution in [2.24, 2.45) is 0 Å². The fourth-order valence-corrected chi connectivity index (χ4v) is 2.19. The molecular formula is C15H12ClNO2. The van der Waals surface area contributed by atoms with Crippen LogP contribution in [0.15, 0.2) is 52.9 Å². The molecule has 3 rings (SSSR count). The summed E-state index contributed by atoms with van der Waals surface area (Å²) in [6, 6.07) is 14.2. The van der Waals surface area contributed by atoms with Gasteiger partial charge in [-0.2, -0.15) is 0 Å². The highest BCUT2D eigenvalue weighted by Crippen LogP contribution is 2.29. The van der Waals surface area contributed by atoms with E-state index in [9.17, 15) is 5.11 Å². The van der Waals surface area contributed by atoms with Gasteiger partial charge in [-0.15, -0.1) is 0 Å². The van der Waals surface area contributed by atoms with Crippen LogP contribution in [-0.4, -0.2) is 5.11 Å². The maximum Gasteiger partial charge on any atom is 0.138 e. The number of aliphatic hydroxyl groups excluding tert-OH is 1. The van der Waals surface area contributed by atoms with Crippen LogP contribution in [0, 0.1) is 0 Å². The van der Waals surface area contributed by atoms with Crippen LogP contribution in [0.1, 0.15) is 17.4 Å². The van der Waals surface area contributed by atoms with E-state index in [-0.39, 0.29) is 0 Å². The fourth-order valence-electron chi connectivity index (χ4n) is 2.01. The topological polar surface area (TPSA) is 59.4 Å². The molecule has 1 heterocycles. The SMILES string of the molecule is Nc1ccc(C(O)c2cc3cc(Cl)ccc3o2)cc1. The van der Waals surface area contributed by atoms with Crippen molar-refractivity contribution >= 4 is 28.3 Å². The van der Waals surface area contributed by atoms with Crippen molar-refractivity contribution < 1.29 is 9.52 Å². The van der Waals surface area contributed by atoms with E-state index in [0.29, 0.717) is 22.1 Å². The third-order valence-electron chi connectivity index (χ3n) is 3.02. The molecule has 0 fully saturated rings. The standard InChI is InChI=1S/C15H12ClNO2/c16-11-3-6-13-10(7-11)8-14(19-13)15(18)9-1-4-12(17)5-2-9/h1-8,15,18H,17H2. The van der Waals surface area contributed by atoms with E-state index in [0.717, 1.165) is 10.9 Å². The Labute approximate surface area is 115 Å². The molecule has 0 aliphatic carbocycles. The average Bonchev–Trinajstić information content (AvgIpc) is 2.81. The summed E-state index contributed by atoms with van der Waals surface area (Å²) in [7, 11) is 0. The summed E-state index contributed by atoms with van der Waals surface area (Å²) in [6.07, 6.45) is -0.813. The van der Waals surface area contributed by atoms with Gasteiger partial charge in [-0.3, -0.25) is 0 Å². The normalized spacial score (nSPS) is 12.7. The maximum absolute atomic E-state index is 10.3. The maximum atomic E-state index is 10.3. The van der Waals surface area contributed by atoms with Crippen LogP contribution in [0.4, 0.5) is 5.69 Å².